The van der Waals surface area contributed by atoms with Gasteiger partial charge in [-0.3, -0.25) is 31.0 Å². The van der Waals surface area contributed by atoms with Crippen LogP contribution in [0.15, 0.2) is 4.99 Å². The van der Waals surface area contributed by atoms with Crippen molar-refractivity contribution in [3.63, 3.8) is 0 Å². The van der Waals surface area contributed by atoms with Crippen molar-refractivity contribution in [2.75, 3.05) is 13.1 Å². The summed E-state index contributed by atoms with van der Waals surface area (Å²) in [5.74, 6) is 0.966. The summed E-state index contributed by atoms with van der Waals surface area (Å²) in [6, 6.07) is 0.438. The van der Waals surface area contributed by atoms with Gasteiger partial charge in [-0.25, -0.2) is 0 Å². The van der Waals surface area contributed by atoms with Gasteiger partial charge in [-0.15, -0.1) is 0 Å². The molecule has 0 aliphatic heterocycles. The van der Waals surface area contributed by atoms with E-state index in [0.29, 0.717) is 25.2 Å². The predicted octanol–water partition coefficient (Wildman–Crippen LogP) is 0.430. The number of aliphatic imine (C=N–C) groups is 1. The van der Waals surface area contributed by atoms with Crippen molar-refractivity contribution in [3.05, 3.63) is 7.43 Å². The van der Waals surface area contributed by atoms with Gasteiger partial charge in [0.1, 0.15) is 0 Å². The van der Waals surface area contributed by atoms with E-state index in [4.69, 9.17) is 22.9 Å². The van der Waals surface area contributed by atoms with E-state index in [1.54, 1.807) is 0 Å². The van der Waals surface area contributed by atoms with Gasteiger partial charge in [0.05, 0.1) is 18.6 Å². The molecular formula is C26H60N8O2. The molecule has 10 nitrogen and oxygen atoms in total. The first-order valence-corrected chi connectivity index (χ1v) is 12.5. The van der Waals surface area contributed by atoms with Gasteiger partial charge in [-0.05, 0) is 25.7 Å². The quantitative estimate of drug-likeness (QED) is 0.0665. The third-order valence-corrected chi connectivity index (χ3v) is 4.84. The normalized spacial score (nSPS) is 12.1. The van der Waals surface area contributed by atoms with Gasteiger partial charge in [-0.1, -0.05) is 62.8 Å². The Morgan fingerprint density at radius 3 is 1.44 bits per heavy atom. The zero-order valence-electron chi connectivity index (χ0n) is 23.8. The summed E-state index contributed by atoms with van der Waals surface area (Å²) in [6.07, 6.45) is 3.24. The molecule has 0 aromatic heterocycles. The van der Waals surface area contributed by atoms with Crippen LogP contribution in [0.1, 0.15) is 88.5 Å². The van der Waals surface area contributed by atoms with Gasteiger partial charge in [0.25, 0.3) is 0 Å². The van der Waals surface area contributed by atoms with E-state index in [9.17, 15) is 9.59 Å². The number of hydrogen-bond acceptors (Lipinski definition) is 5. The van der Waals surface area contributed by atoms with Crippen molar-refractivity contribution in [2.45, 2.75) is 113 Å². The molecule has 0 aliphatic rings. The molecule has 2 atom stereocenters. The molecule has 11 N–H and O–H groups in total. The summed E-state index contributed by atoms with van der Waals surface area (Å²) in [6.45, 7) is 17.2. The minimum absolute atomic E-state index is 0. The third-order valence-electron chi connectivity index (χ3n) is 4.84. The molecule has 0 saturated heterocycles. The molecule has 10 heteroatoms. The van der Waals surface area contributed by atoms with Crippen molar-refractivity contribution in [3.8, 4) is 0 Å². The molecule has 0 fully saturated rings. The summed E-state index contributed by atoms with van der Waals surface area (Å²) < 4.78 is 0. The summed E-state index contributed by atoms with van der Waals surface area (Å²) in [5.41, 5.74) is 21.1. The average Bonchev–Trinajstić information content (AvgIpc) is 2.70. The van der Waals surface area contributed by atoms with E-state index in [1.807, 2.05) is 55.4 Å². The number of hydrogen-bond donors (Lipinski definition) is 7. The number of nitrogens with two attached hydrogens (primary N) is 4. The van der Waals surface area contributed by atoms with Crippen LogP contribution in [0, 0.1) is 19.3 Å². The topological polar surface area (TPSA) is 189 Å². The molecule has 36 heavy (non-hydrogen) atoms. The van der Waals surface area contributed by atoms with Gasteiger partial charge in [-0.2, -0.15) is 0 Å². The van der Waals surface area contributed by atoms with Crippen LogP contribution in [-0.4, -0.2) is 60.7 Å². The monoisotopic (exact) mass is 516 g/mol. The van der Waals surface area contributed by atoms with Crippen LogP contribution < -0.4 is 38.6 Å². The van der Waals surface area contributed by atoms with Gasteiger partial charge < -0.3 is 29.5 Å². The van der Waals surface area contributed by atoms with Crippen molar-refractivity contribution in [1.82, 2.24) is 10.6 Å². The first-order valence-electron chi connectivity index (χ1n) is 12.5. The molecule has 0 heterocycles. The fraction of sp³-hybridized carbons (Fsp3) is 0.808. The van der Waals surface area contributed by atoms with E-state index in [-0.39, 0.29) is 62.3 Å². The van der Waals surface area contributed by atoms with Gasteiger partial charge >= 0.3 is 5.96 Å². The maximum atomic E-state index is 12.0. The Kier molecular flexibility index (Phi) is 26.4. The van der Waals surface area contributed by atoms with Crippen LogP contribution in [0.5, 0.6) is 0 Å². The van der Waals surface area contributed by atoms with E-state index in [0.717, 1.165) is 25.7 Å². The highest BCUT2D eigenvalue weighted by atomic mass is 16.1. The molecular weight excluding hydrogens is 456 g/mol. The molecule has 0 rings (SSSR count). The lowest BCUT2D eigenvalue weighted by molar-refractivity contribution is -0.459. The van der Waals surface area contributed by atoms with Crippen LogP contribution in [0.4, 0.5) is 0 Å². The van der Waals surface area contributed by atoms with E-state index >= 15 is 0 Å². The highest BCUT2D eigenvalue weighted by Gasteiger charge is 2.22. The number of carbonyl (C=O) groups excluding carboxylic acids is 2. The lowest BCUT2D eigenvalue weighted by Gasteiger charge is -2.21. The lowest BCUT2D eigenvalue weighted by atomic mass is 9.97. The predicted molar refractivity (Wildman–Crippen MR) is 155 cm³/mol. The van der Waals surface area contributed by atoms with E-state index in [1.165, 1.54) is 0 Å². The van der Waals surface area contributed by atoms with Crippen molar-refractivity contribution < 1.29 is 14.6 Å². The Morgan fingerprint density at radius 1 is 0.750 bits per heavy atom. The van der Waals surface area contributed by atoms with Crippen LogP contribution in [0.3, 0.4) is 0 Å². The molecule has 0 bridgehead atoms. The zero-order chi connectivity index (χ0) is 26.8. The van der Waals surface area contributed by atoms with Crippen molar-refractivity contribution in [2.24, 2.45) is 39.8 Å². The van der Waals surface area contributed by atoms with Gasteiger partial charge in [0.15, 0.2) is 17.5 Å². The van der Waals surface area contributed by atoms with Crippen LogP contribution in [-0.2, 0) is 9.59 Å². The Hall–Kier alpha value is -2.20. The smallest absolute Gasteiger partial charge is 0.338 e. The zero-order valence-corrected chi connectivity index (χ0v) is 23.8. The van der Waals surface area contributed by atoms with Gasteiger partial charge in [0, 0.05) is 30.5 Å². The van der Waals surface area contributed by atoms with Crippen molar-refractivity contribution in [1.29, 1.82) is 0 Å². The molecule has 0 saturated carbocycles. The summed E-state index contributed by atoms with van der Waals surface area (Å²) in [7, 11) is 0. The second kappa shape index (κ2) is 23.2. The number of Topliss-reactive ketones (excluding diaryl/α,β-unsaturated/α-hetero) is 2. The first kappa shape index (κ1) is 40.9. The molecule has 0 amide bonds. The van der Waals surface area contributed by atoms with E-state index in [2.05, 4.69) is 20.6 Å². The minimum Gasteiger partial charge on any atom is -0.370 e. The average molecular weight is 517 g/mol. The number of rotatable bonds is 16. The Balaban J connectivity index is -0.000000269. The maximum absolute atomic E-state index is 12.0. The fourth-order valence-corrected chi connectivity index (χ4v) is 3.27. The molecule has 216 valence electrons. The third kappa shape index (κ3) is 23.5. The number of nitrogens with zero attached hydrogens (tertiary/aromatic N) is 1. The molecule has 0 aromatic carbocycles. The first-order chi connectivity index (χ1) is 15.7. The number of carbonyl (C=O) groups is 2. The number of ketones is 2. The van der Waals surface area contributed by atoms with Crippen LogP contribution >= 0.6 is 0 Å². The SMILES string of the molecule is C.CC(C)N[C@@H](CCCN=C(N)N)C(=O)C(C)C.CC(C)N[C@@H](CCC[NH+]=C(N)N)C(=O)C(C)C.[CH3-]. The highest BCUT2D eigenvalue weighted by molar-refractivity contribution is 5.86. The fourth-order valence-electron chi connectivity index (χ4n) is 3.27. The minimum atomic E-state index is -0.0933. The second-order valence-corrected chi connectivity index (χ2v) is 9.84. The van der Waals surface area contributed by atoms with Gasteiger partial charge in [0.2, 0.25) is 0 Å². The molecule has 0 radical (unpaired) electrons. The lowest BCUT2D eigenvalue weighted by Crippen LogP contribution is -2.78. The summed E-state index contributed by atoms with van der Waals surface area (Å²) in [5, 5.41) is 6.59. The Bertz CT molecular complexity index is 569. The van der Waals surface area contributed by atoms with Crippen molar-refractivity contribution >= 4 is 23.5 Å². The standard InChI is InChI=1S/2C12H26N4O.CH4.CH3/c2*1-8(2)11(17)10(16-9(3)4)6-5-7-15-12(13)14;;/h2*8-10,16H,5-7H2,1-4H3,(H4,13,14,15);1H4;1H3/q;;;-1/p+1/t2*10-;;/m00../s1. The molecule has 0 aromatic rings. The Labute approximate surface area is 221 Å². The number of nitrogens with one attached hydrogen (secondary N) is 3. The molecule has 0 unspecified atom stereocenters. The van der Waals surface area contributed by atoms with Crippen LogP contribution in [0.2, 0.25) is 0 Å². The number of guanidine groups is 2. The highest BCUT2D eigenvalue weighted by Crippen LogP contribution is 2.08. The summed E-state index contributed by atoms with van der Waals surface area (Å²) >= 11 is 0. The largest absolute Gasteiger partial charge is 0.370 e. The molecule has 0 aliphatic carbocycles. The Morgan fingerprint density at radius 2 is 1.14 bits per heavy atom. The second-order valence-electron chi connectivity index (χ2n) is 9.84. The van der Waals surface area contributed by atoms with Crippen LogP contribution in [0.25, 0.3) is 0 Å². The van der Waals surface area contributed by atoms with E-state index < -0.39 is 0 Å². The maximum Gasteiger partial charge on any atom is 0.338 e. The molecule has 0 spiro atoms. The summed E-state index contributed by atoms with van der Waals surface area (Å²) in [4.78, 5) is 30.7.